The van der Waals surface area contributed by atoms with E-state index in [0.29, 0.717) is 11.9 Å². The van der Waals surface area contributed by atoms with Gasteiger partial charge in [0.2, 0.25) is 0 Å². The average molecular weight is 309 g/mol. The average Bonchev–Trinajstić information content (AvgIpc) is 2.50. The van der Waals surface area contributed by atoms with E-state index in [1.807, 2.05) is 33.3 Å². The molecular weight excluding hydrogens is 286 g/mol. The molecule has 1 heterocycles. The molecule has 5 nitrogen and oxygen atoms in total. The van der Waals surface area contributed by atoms with Gasteiger partial charge in [0.15, 0.2) is 5.16 Å². The number of hydrogen-bond donors (Lipinski definition) is 1. The van der Waals surface area contributed by atoms with E-state index in [-0.39, 0.29) is 5.97 Å². The molecule has 0 aliphatic heterocycles. The van der Waals surface area contributed by atoms with Crippen LogP contribution < -0.4 is 5.32 Å². The zero-order chi connectivity index (χ0) is 15.3. The molecule has 1 saturated carbocycles. The van der Waals surface area contributed by atoms with E-state index in [1.165, 1.54) is 0 Å². The number of nitrogens with one attached hydrogen (secondary N) is 1. The minimum atomic E-state index is -0.559. The highest BCUT2D eigenvalue weighted by Crippen LogP contribution is 2.37. The predicted octanol–water partition coefficient (Wildman–Crippen LogP) is 2.34. The molecule has 1 fully saturated rings. The predicted molar refractivity (Wildman–Crippen MR) is 83.3 cm³/mol. The van der Waals surface area contributed by atoms with Gasteiger partial charge >= 0.3 is 5.97 Å². The Hall–Kier alpha value is -1.14. The molecule has 6 heteroatoms. The molecule has 0 radical (unpaired) electrons. The third kappa shape index (κ3) is 3.95. The van der Waals surface area contributed by atoms with Crippen molar-refractivity contribution in [1.29, 1.82) is 0 Å². The second kappa shape index (κ2) is 7.22. The second-order valence-electron chi connectivity index (χ2n) is 5.43. The largest absolute Gasteiger partial charge is 0.465 e. The van der Waals surface area contributed by atoms with Crippen LogP contribution in [0.2, 0.25) is 0 Å². The Kier molecular flexibility index (Phi) is 5.58. The lowest BCUT2D eigenvalue weighted by Crippen LogP contribution is -2.54. The molecule has 1 aliphatic carbocycles. The number of aromatic nitrogens is 2. The topological polar surface area (TPSA) is 64.1 Å². The summed E-state index contributed by atoms with van der Waals surface area (Å²) in [5.41, 5.74) is 0.496. The molecule has 0 amide bonds. The first-order chi connectivity index (χ1) is 10.1. The van der Waals surface area contributed by atoms with Crippen molar-refractivity contribution >= 4 is 17.7 Å². The lowest BCUT2D eigenvalue weighted by molar-refractivity contribution is -0.152. The molecule has 0 bridgehead atoms. The van der Waals surface area contributed by atoms with E-state index in [9.17, 15) is 4.79 Å². The minimum Gasteiger partial charge on any atom is -0.465 e. The van der Waals surface area contributed by atoms with Gasteiger partial charge in [-0.1, -0.05) is 11.8 Å². The molecule has 2 rings (SSSR count). The maximum absolute atomic E-state index is 12.3. The minimum absolute atomic E-state index is 0.136. The molecule has 1 aromatic heterocycles. The number of esters is 1. The summed E-state index contributed by atoms with van der Waals surface area (Å²) in [7, 11) is 1.84. The van der Waals surface area contributed by atoms with Crippen LogP contribution in [0.1, 0.15) is 38.2 Å². The number of rotatable bonds is 5. The van der Waals surface area contributed by atoms with Crippen LogP contribution in [0.4, 0.5) is 0 Å². The van der Waals surface area contributed by atoms with Crippen molar-refractivity contribution in [2.75, 3.05) is 13.7 Å². The van der Waals surface area contributed by atoms with Gasteiger partial charge in [0.1, 0.15) is 5.54 Å². The third-order valence-electron chi connectivity index (χ3n) is 3.88. The Bertz CT molecular complexity index is 480. The van der Waals surface area contributed by atoms with Crippen molar-refractivity contribution in [3.05, 3.63) is 18.0 Å². The number of likely N-dealkylation sites (N-methyl/N-ethyl adjacent to an activating group) is 1. The van der Waals surface area contributed by atoms with Crippen LogP contribution in [0.15, 0.2) is 17.6 Å². The first kappa shape index (κ1) is 16.2. The Morgan fingerprint density at radius 2 is 2.24 bits per heavy atom. The molecule has 0 aromatic carbocycles. The van der Waals surface area contributed by atoms with Gasteiger partial charge in [0.05, 0.1) is 6.61 Å². The van der Waals surface area contributed by atoms with Crippen LogP contribution in [0.5, 0.6) is 0 Å². The fraction of sp³-hybridized carbons (Fsp3) is 0.667. The van der Waals surface area contributed by atoms with Gasteiger partial charge in [-0.15, -0.1) is 0 Å². The number of nitrogens with zero attached hydrogens (tertiary/aromatic N) is 2. The molecule has 2 atom stereocenters. The van der Waals surface area contributed by atoms with E-state index in [2.05, 4.69) is 15.3 Å². The lowest BCUT2D eigenvalue weighted by Gasteiger charge is -2.38. The van der Waals surface area contributed by atoms with Gasteiger partial charge in [-0.2, -0.15) is 0 Å². The Labute approximate surface area is 130 Å². The van der Waals surface area contributed by atoms with Crippen LogP contribution in [0.3, 0.4) is 0 Å². The molecule has 1 aromatic rings. The quantitative estimate of drug-likeness (QED) is 0.665. The van der Waals surface area contributed by atoms with Gasteiger partial charge in [0, 0.05) is 17.6 Å². The van der Waals surface area contributed by atoms with Crippen LogP contribution in [0, 0.1) is 6.92 Å². The van der Waals surface area contributed by atoms with Crippen molar-refractivity contribution in [3.63, 3.8) is 0 Å². The normalized spacial score (nSPS) is 25.6. The SMILES string of the molecule is CCOC(=O)C1(NC)CCCC(Sc2ncc(C)cn2)C1. The molecule has 1 aliphatic rings. The highest BCUT2D eigenvalue weighted by atomic mass is 32.2. The zero-order valence-corrected chi connectivity index (χ0v) is 13.7. The summed E-state index contributed by atoms with van der Waals surface area (Å²) in [6, 6.07) is 0. The highest BCUT2D eigenvalue weighted by Gasteiger charge is 2.43. The second-order valence-corrected chi connectivity index (χ2v) is 6.70. The van der Waals surface area contributed by atoms with Gasteiger partial charge in [0.25, 0.3) is 0 Å². The number of thioether (sulfide) groups is 1. The van der Waals surface area contributed by atoms with E-state index in [4.69, 9.17) is 4.74 Å². The van der Waals surface area contributed by atoms with Crippen molar-refractivity contribution in [1.82, 2.24) is 15.3 Å². The number of hydrogen-bond acceptors (Lipinski definition) is 6. The first-order valence-electron chi connectivity index (χ1n) is 7.41. The molecule has 0 spiro atoms. The van der Waals surface area contributed by atoms with E-state index in [0.717, 1.165) is 36.4 Å². The van der Waals surface area contributed by atoms with E-state index in [1.54, 1.807) is 11.8 Å². The monoisotopic (exact) mass is 309 g/mol. The van der Waals surface area contributed by atoms with E-state index < -0.39 is 5.54 Å². The third-order valence-corrected chi connectivity index (χ3v) is 5.04. The zero-order valence-electron chi connectivity index (χ0n) is 12.9. The fourth-order valence-corrected chi connectivity index (χ4v) is 3.88. The number of aryl methyl sites for hydroxylation is 1. The number of ether oxygens (including phenoxy) is 1. The van der Waals surface area contributed by atoms with Crippen molar-refractivity contribution in [2.45, 2.75) is 55.5 Å². The van der Waals surface area contributed by atoms with Crippen LogP contribution in [0.25, 0.3) is 0 Å². The number of carbonyl (C=O) groups is 1. The van der Waals surface area contributed by atoms with Gasteiger partial charge < -0.3 is 10.1 Å². The summed E-state index contributed by atoms with van der Waals surface area (Å²) in [5.74, 6) is -0.136. The molecule has 21 heavy (non-hydrogen) atoms. The molecule has 116 valence electrons. The van der Waals surface area contributed by atoms with E-state index >= 15 is 0 Å². The molecule has 1 N–H and O–H groups in total. The molecular formula is C15H23N3O2S. The number of carbonyl (C=O) groups excluding carboxylic acids is 1. The van der Waals surface area contributed by atoms with Gasteiger partial charge in [-0.3, -0.25) is 4.79 Å². The summed E-state index contributed by atoms with van der Waals surface area (Å²) in [5, 5.41) is 4.31. The van der Waals surface area contributed by atoms with Crippen LogP contribution in [-0.2, 0) is 9.53 Å². The maximum Gasteiger partial charge on any atom is 0.326 e. The summed E-state index contributed by atoms with van der Waals surface area (Å²) in [4.78, 5) is 21.0. The van der Waals surface area contributed by atoms with Crippen molar-refractivity contribution < 1.29 is 9.53 Å². The smallest absolute Gasteiger partial charge is 0.326 e. The van der Waals surface area contributed by atoms with Gasteiger partial charge in [-0.05, 0) is 52.1 Å². The van der Waals surface area contributed by atoms with Crippen molar-refractivity contribution in [2.24, 2.45) is 0 Å². The van der Waals surface area contributed by atoms with Crippen LogP contribution >= 0.6 is 11.8 Å². The van der Waals surface area contributed by atoms with Crippen molar-refractivity contribution in [3.8, 4) is 0 Å². The Morgan fingerprint density at radius 1 is 1.52 bits per heavy atom. The summed E-state index contributed by atoms with van der Waals surface area (Å²) in [6.45, 7) is 4.24. The maximum atomic E-state index is 12.3. The Balaban J connectivity index is 2.05. The first-order valence-corrected chi connectivity index (χ1v) is 8.29. The fourth-order valence-electron chi connectivity index (χ4n) is 2.70. The summed E-state index contributed by atoms with van der Waals surface area (Å²) >= 11 is 1.66. The standard InChI is InChI=1S/C15H23N3O2S/c1-4-20-13(19)15(16-3)7-5-6-12(8-15)21-14-17-9-11(2)10-18-14/h9-10,12,16H,4-8H2,1-3H3. The Morgan fingerprint density at radius 3 is 2.86 bits per heavy atom. The summed E-state index contributed by atoms with van der Waals surface area (Å²) < 4.78 is 5.25. The van der Waals surface area contributed by atoms with Gasteiger partial charge in [-0.25, -0.2) is 9.97 Å². The van der Waals surface area contributed by atoms with Crippen LogP contribution in [-0.4, -0.2) is 40.4 Å². The lowest BCUT2D eigenvalue weighted by atomic mass is 9.81. The molecule has 0 saturated heterocycles. The molecule has 2 unspecified atom stereocenters. The summed E-state index contributed by atoms with van der Waals surface area (Å²) in [6.07, 6.45) is 7.32. The highest BCUT2D eigenvalue weighted by molar-refractivity contribution is 7.99.